The Balaban J connectivity index is 2.80. The van der Waals surface area contributed by atoms with Gasteiger partial charge in [0.05, 0.1) is 7.11 Å². The van der Waals surface area contributed by atoms with Crippen molar-refractivity contribution in [2.45, 2.75) is 13.8 Å². The Kier molecular flexibility index (Phi) is 4.52. The maximum absolute atomic E-state index is 11.7. The van der Waals surface area contributed by atoms with E-state index in [1.54, 1.807) is 37.5 Å². The summed E-state index contributed by atoms with van der Waals surface area (Å²) >= 11 is 0. The van der Waals surface area contributed by atoms with Gasteiger partial charge in [-0.1, -0.05) is 29.9 Å². The molecule has 0 aliphatic rings. The Labute approximate surface area is 96.2 Å². The highest BCUT2D eigenvalue weighted by molar-refractivity contribution is 6.04. The molecule has 2 nitrogen and oxygen atoms in total. The van der Waals surface area contributed by atoms with Crippen LogP contribution in [0.25, 0.3) is 0 Å². The van der Waals surface area contributed by atoms with Crippen LogP contribution in [-0.4, -0.2) is 12.9 Å². The average Bonchev–Trinajstić information content (AvgIpc) is 2.28. The second-order valence-corrected chi connectivity index (χ2v) is 3.70. The van der Waals surface area contributed by atoms with Gasteiger partial charge in [-0.15, -0.1) is 0 Å². The first-order valence-electron chi connectivity index (χ1n) is 5.13. The molecule has 0 aromatic heterocycles. The molecule has 0 unspecified atom stereocenters. The number of hydrogen-bond acceptors (Lipinski definition) is 2. The first-order chi connectivity index (χ1) is 7.63. The predicted molar refractivity (Wildman–Crippen MR) is 65.9 cm³/mol. The zero-order chi connectivity index (χ0) is 12.0. The highest BCUT2D eigenvalue weighted by Crippen LogP contribution is 2.13. The predicted octanol–water partition coefficient (Wildman–Crippen LogP) is 3.40. The first-order valence-corrected chi connectivity index (χ1v) is 5.13. The molecule has 1 rings (SSSR count). The van der Waals surface area contributed by atoms with Crippen LogP contribution in [0.5, 0.6) is 5.75 Å². The molecule has 0 amide bonds. The van der Waals surface area contributed by atoms with E-state index in [0.717, 1.165) is 5.57 Å². The minimum absolute atomic E-state index is 0.0172. The molecule has 0 aliphatic heterocycles. The summed E-state index contributed by atoms with van der Waals surface area (Å²) < 4.78 is 5.06. The van der Waals surface area contributed by atoms with Crippen LogP contribution in [-0.2, 0) is 0 Å². The molecule has 2 heteroatoms. The molecule has 0 N–H and O–H groups in total. The van der Waals surface area contributed by atoms with Crippen molar-refractivity contribution in [3.63, 3.8) is 0 Å². The van der Waals surface area contributed by atoms with Gasteiger partial charge in [0.2, 0.25) is 0 Å². The lowest BCUT2D eigenvalue weighted by molar-refractivity contribution is 0.104. The van der Waals surface area contributed by atoms with Gasteiger partial charge >= 0.3 is 0 Å². The molecule has 1 aromatic rings. The number of methoxy groups -OCH3 is 1. The molecule has 16 heavy (non-hydrogen) atoms. The van der Waals surface area contributed by atoms with Crippen molar-refractivity contribution in [1.29, 1.82) is 0 Å². The van der Waals surface area contributed by atoms with Gasteiger partial charge in [0.25, 0.3) is 0 Å². The minimum atomic E-state index is -0.0172. The third-order valence-electron chi connectivity index (χ3n) is 2.03. The van der Waals surface area contributed by atoms with Crippen molar-refractivity contribution >= 4 is 5.78 Å². The molecular weight excluding hydrogens is 200 g/mol. The molecule has 0 saturated carbocycles. The van der Waals surface area contributed by atoms with Crippen molar-refractivity contribution in [2.24, 2.45) is 0 Å². The van der Waals surface area contributed by atoms with Crippen LogP contribution >= 0.6 is 0 Å². The topological polar surface area (TPSA) is 26.3 Å². The fourth-order valence-electron chi connectivity index (χ4n) is 1.20. The van der Waals surface area contributed by atoms with Crippen LogP contribution in [0, 0.1) is 0 Å². The highest BCUT2D eigenvalue weighted by Gasteiger charge is 2.01. The summed E-state index contributed by atoms with van der Waals surface area (Å²) in [7, 11) is 1.59. The second-order valence-electron chi connectivity index (χ2n) is 3.70. The van der Waals surface area contributed by atoms with E-state index in [1.165, 1.54) is 0 Å². The molecule has 0 atom stereocenters. The van der Waals surface area contributed by atoms with Crippen molar-refractivity contribution in [1.82, 2.24) is 0 Å². The normalized spacial score (nSPS) is 10.2. The number of rotatable bonds is 4. The first kappa shape index (κ1) is 12.2. The van der Waals surface area contributed by atoms with Crippen molar-refractivity contribution in [3.8, 4) is 5.75 Å². The molecule has 0 heterocycles. The van der Waals surface area contributed by atoms with Gasteiger partial charge < -0.3 is 4.74 Å². The molecule has 0 saturated heterocycles. The van der Waals surface area contributed by atoms with Crippen LogP contribution in [0.4, 0.5) is 0 Å². The van der Waals surface area contributed by atoms with Gasteiger partial charge in [0, 0.05) is 5.56 Å². The number of ketones is 1. The van der Waals surface area contributed by atoms with Gasteiger partial charge in [-0.25, -0.2) is 0 Å². The number of carbonyl (C=O) groups is 1. The standard InChI is InChI=1S/C14H16O2/c1-11(2)6-4-9-14(15)12-7-5-8-13(10-12)16-3/h4-10H,1-3H3. The van der Waals surface area contributed by atoms with Gasteiger partial charge in [-0.2, -0.15) is 0 Å². The Morgan fingerprint density at radius 2 is 2.06 bits per heavy atom. The fourth-order valence-corrected chi connectivity index (χ4v) is 1.20. The highest BCUT2D eigenvalue weighted by atomic mass is 16.5. The molecule has 0 fully saturated rings. The number of hydrogen-bond donors (Lipinski definition) is 0. The van der Waals surface area contributed by atoms with E-state index >= 15 is 0 Å². The molecule has 0 bridgehead atoms. The minimum Gasteiger partial charge on any atom is -0.497 e. The molecule has 0 aliphatic carbocycles. The molecular formula is C14H16O2. The van der Waals surface area contributed by atoms with Crippen LogP contribution in [0.2, 0.25) is 0 Å². The van der Waals surface area contributed by atoms with E-state index in [-0.39, 0.29) is 5.78 Å². The SMILES string of the molecule is COc1cccc(C(=O)C=CC=C(C)C)c1. The third-order valence-corrected chi connectivity index (χ3v) is 2.03. The number of allylic oxidation sites excluding steroid dienone is 4. The Morgan fingerprint density at radius 3 is 2.69 bits per heavy atom. The van der Waals surface area contributed by atoms with Crippen molar-refractivity contribution in [3.05, 3.63) is 53.6 Å². The van der Waals surface area contributed by atoms with Gasteiger partial charge in [0.15, 0.2) is 5.78 Å². The summed E-state index contributed by atoms with van der Waals surface area (Å²) in [6, 6.07) is 7.13. The lowest BCUT2D eigenvalue weighted by Crippen LogP contribution is -1.94. The molecule has 0 spiro atoms. The van der Waals surface area contributed by atoms with E-state index in [4.69, 9.17) is 4.74 Å². The number of benzene rings is 1. The lowest BCUT2D eigenvalue weighted by Gasteiger charge is -2.00. The summed E-state index contributed by atoms with van der Waals surface area (Å²) in [4.78, 5) is 11.7. The third kappa shape index (κ3) is 3.73. The smallest absolute Gasteiger partial charge is 0.185 e. The monoisotopic (exact) mass is 216 g/mol. The molecule has 84 valence electrons. The van der Waals surface area contributed by atoms with E-state index in [9.17, 15) is 4.79 Å². The van der Waals surface area contributed by atoms with Gasteiger partial charge in [-0.05, 0) is 32.1 Å². The second kappa shape index (κ2) is 5.91. The quantitative estimate of drug-likeness (QED) is 0.438. The summed E-state index contributed by atoms with van der Waals surface area (Å²) in [6.07, 6.45) is 5.22. The zero-order valence-electron chi connectivity index (χ0n) is 9.86. The van der Waals surface area contributed by atoms with Crippen LogP contribution in [0.3, 0.4) is 0 Å². The zero-order valence-corrected chi connectivity index (χ0v) is 9.86. The molecule has 0 radical (unpaired) electrons. The Hall–Kier alpha value is -1.83. The Morgan fingerprint density at radius 1 is 1.31 bits per heavy atom. The summed E-state index contributed by atoms with van der Waals surface area (Å²) in [5.74, 6) is 0.679. The lowest BCUT2D eigenvalue weighted by atomic mass is 10.1. The van der Waals surface area contributed by atoms with Gasteiger partial charge in [0.1, 0.15) is 5.75 Å². The van der Waals surface area contributed by atoms with Crippen LogP contribution in [0.15, 0.2) is 48.1 Å². The average molecular weight is 216 g/mol. The number of carbonyl (C=O) groups excluding carboxylic acids is 1. The maximum atomic E-state index is 11.7. The summed E-state index contributed by atoms with van der Waals surface area (Å²) in [5.41, 5.74) is 1.80. The maximum Gasteiger partial charge on any atom is 0.185 e. The van der Waals surface area contributed by atoms with Crippen LogP contribution in [0.1, 0.15) is 24.2 Å². The van der Waals surface area contributed by atoms with Crippen molar-refractivity contribution in [2.75, 3.05) is 7.11 Å². The van der Waals surface area contributed by atoms with Crippen LogP contribution < -0.4 is 4.74 Å². The summed E-state index contributed by atoms with van der Waals surface area (Å²) in [5, 5.41) is 0. The van der Waals surface area contributed by atoms with Crippen molar-refractivity contribution < 1.29 is 9.53 Å². The van der Waals surface area contributed by atoms with E-state index < -0.39 is 0 Å². The van der Waals surface area contributed by atoms with E-state index in [0.29, 0.717) is 11.3 Å². The van der Waals surface area contributed by atoms with Gasteiger partial charge in [-0.3, -0.25) is 4.79 Å². The van der Waals surface area contributed by atoms with E-state index in [1.807, 2.05) is 26.0 Å². The number of ether oxygens (including phenoxy) is 1. The van der Waals surface area contributed by atoms with E-state index in [2.05, 4.69) is 0 Å². The molecule has 1 aromatic carbocycles. The fraction of sp³-hybridized carbons (Fsp3) is 0.214. The largest absolute Gasteiger partial charge is 0.497 e. The Bertz CT molecular complexity index is 424. The summed E-state index contributed by atoms with van der Waals surface area (Å²) in [6.45, 7) is 3.97.